The number of pyridine rings is 1. The number of aromatic nitrogens is 1. The smallest absolute Gasteiger partial charge is 0.464 e. The number of nitrogens with zero attached hydrogens (tertiary/aromatic N) is 1. The minimum atomic E-state index is -0.790. The molecule has 8 heteroatoms. The van der Waals surface area contributed by atoms with E-state index in [9.17, 15) is 14.0 Å². The van der Waals surface area contributed by atoms with Gasteiger partial charge in [0.2, 0.25) is 0 Å². The third-order valence-electron chi connectivity index (χ3n) is 5.56. The molecule has 0 spiro atoms. The van der Waals surface area contributed by atoms with Crippen LogP contribution in [0.4, 0.5) is 4.39 Å². The second kappa shape index (κ2) is 6.70. The van der Waals surface area contributed by atoms with Crippen molar-refractivity contribution < 1.29 is 23.2 Å². The van der Waals surface area contributed by atoms with Crippen molar-refractivity contribution >= 4 is 29.5 Å². The second-order valence-corrected chi connectivity index (χ2v) is 8.33. The Morgan fingerprint density at radius 1 is 1.14 bits per heavy atom. The zero-order valence-corrected chi connectivity index (χ0v) is 17.3. The van der Waals surface area contributed by atoms with Gasteiger partial charge in [-0.3, -0.25) is 4.79 Å². The summed E-state index contributed by atoms with van der Waals surface area (Å²) >= 11 is 0. The van der Waals surface area contributed by atoms with E-state index >= 15 is 0 Å². The molecule has 6 nitrogen and oxygen atoms in total. The first-order chi connectivity index (χ1) is 12.9. The molecule has 1 aromatic carbocycles. The Hall–Kier alpha value is -2.19. The predicted molar refractivity (Wildman–Crippen MR) is 106 cm³/mol. The molecule has 28 heavy (non-hydrogen) atoms. The summed E-state index contributed by atoms with van der Waals surface area (Å²) in [4.78, 5) is 24.7. The van der Waals surface area contributed by atoms with Crippen LogP contribution in [0.25, 0.3) is 10.9 Å². The highest BCUT2D eigenvalue weighted by Gasteiger charge is 2.52. The maximum atomic E-state index is 15.0. The zero-order chi connectivity index (χ0) is 21.0. The van der Waals surface area contributed by atoms with Crippen LogP contribution in [0.2, 0.25) is 0 Å². The number of carbonyl (C=O) groups excluding carboxylic acids is 1. The van der Waals surface area contributed by atoms with Crippen LogP contribution < -0.4 is 10.9 Å². The normalized spacial score (nSPS) is 18.1. The summed E-state index contributed by atoms with van der Waals surface area (Å²) in [5.74, 6) is -1.34. The fourth-order valence-electron chi connectivity index (χ4n) is 3.38. The molecule has 2 aromatic rings. The molecule has 1 aromatic heterocycles. The standard InChI is InChI=1S/C20H25BFNO5/c1-11(2)23-14-9-12(21-27-19(3,4)20(5,6)28-21)8-13(22)17(14)16(24)10-15(23)18(25)26-7/h8-11H,1-7H3. The van der Waals surface area contributed by atoms with E-state index in [1.165, 1.54) is 13.2 Å². The fourth-order valence-corrected chi connectivity index (χ4v) is 3.38. The summed E-state index contributed by atoms with van der Waals surface area (Å²) in [5.41, 5.74) is -0.943. The van der Waals surface area contributed by atoms with Gasteiger partial charge in [-0.05, 0) is 59.1 Å². The van der Waals surface area contributed by atoms with E-state index in [0.29, 0.717) is 11.0 Å². The second-order valence-electron chi connectivity index (χ2n) is 8.33. The van der Waals surface area contributed by atoms with E-state index < -0.39 is 35.5 Å². The van der Waals surface area contributed by atoms with Gasteiger partial charge in [0, 0.05) is 12.1 Å². The summed E-state index contributed by atoms with van der Waals surface area (Å²) in [6.07, 6.45) is 0. The Kier molecular flexibility index (Phi) is 4.92. The molecule has 150 valence electrons. The van der Waals surface area contributed by atoms with E-state index in [1.54, 1.807) is 10.6 Å². The first-order valence-electron chi connectivity index (χ1n) is 9.22. The van der Waals surface area contributed by atoms with E-state index in [1.807, 2.05) is 41.5 Å². The maximum absolute atomic E-state index is 15.0. The number of hydrogen-bond acceptors (Lipinski definition) is 5. The third kappa shape index (κ3) is 3.14. The number of hydrogen-bond donors (Lipinski definition) is 0. The lowest BCUT2D eigenvalue weighted by molar-refractivity contribution is 0.00578. The van der Waals surface area contributed by atoms with Crippen molar-refractivity contribution in [1.82, 2.24) is 4.57 Å². The largest absolute Gasteiger partial charge is 0.495 e. The lowest BCUT2D eigenvalue weighted by Crippen LogP contribution is -2.41. The molecule has 3 rings (SSSR count). The van der Waals surface area contributed by atoms with Crippen LogP contribution in [-0.4, -0.2) is 36.0 Å². The molecule has 1 fully saturated rings. The number of rotatable bonds is 3. The molecule has 0 aliphatic carbocycles. The molecule has 0 N–H and O–H groups in total. The van der Waals surface area contributed by atoms with E-state index in [2.05, 4.69) is 0 Å². The average Bonchev–Trinajstić information content (AvgIpc) is 2.80. The summed E-state index contributed by atoms with van der Waals surface area (Å²) in [6, 6.07) is 3.80. The maximum Gasteiger partial charge on any atom is 0.495 e. The van der Waals surface area contributed by atoms with Crippen molar-refractivity contribution in [2.45, 2.75) is 58.8 Å². The van der Waals surface area contributed by atoms with E-state index in [0.717, 1.165) is 6.07 Å². The van der Waals surface area contributed by atoms with Crippen molar-refractivity contribution in [2.24, 2.45) is 0 Å². The number of methoxy groups -OCH3 is 1. The first kappa shape index (κ1) is 20.5. The highest BCUT2D eigenvalue weighted by molar-refractivity contribution is 6.62. The highest BCUT2D eigenvalue weighted by atomic mass is 19.1. The molecule has 1 saturated heterocycles. The lowest BCUT2D eigenvalue weighted by atomic mass is 9.78. The van der Waals surface area contributed by atoms with Crippen molar-refractivity contribution in [3.8, 4) is 0 Å². The Labute approximate surface area is 163 Å². The number of benzene rings is 1. The minimum Gasteiger partial charge on any atom is -0.464 e. The van der Waals surface area contributed by atoms with Crippen LogP contribution in [-0.2, 0) is 14.0 Å². The van der Waals surface area contributed by atoms with Crippen molar-refractivity contribution in [1.29, 1.82) is 0 Å². The zero-order valence-electron chi connectivity index (χ0n) is 17.3. The van der Waals surface area contributed by atoms with Crippen LogP contribution in [0.5, 0.6) is 0 Å². The monoisotopic (exact) mass is 389 g/mol. The van der Waals surface area contributed by atoms with Gasteiger partial charge in [-0.25, -0.2) is 9.18 Å². The molecular formula is C20H25BFNO5. The molecule has 0 amide bonds. The molecule has 0 unspecified atom stereocenters. The van der Waals surface area contributed by atoms with Crippen LogP contribution in [0, 0.1) is 5.82 Å². The predicted octanol–water partition coefficient (Wildman–Crippen LogP) is 2.81. The van der Waals surface area contributed by atoms with Crippen molar-refractivity contribution in [3.63, 3.8) is 0 Å². The third-order valence-corrected chi connectivity index (χ3v) is 5.56. The average molecular weight is 389 g/mol. The SMILES string of the molecule is COC(=O)c1cc(=O)c2c(F)cc(B3OC(C)(C)C(C)(C)O3)cc2n1C(C)C. The van der Waals surface area contributed by atoms with Gasteiger partial charge in [0.15, 0.2) is 5.43 Å². The number of ether oxygens (including phenoxy) is 1. The van der Waals surface area contributed by atoms with Gasteiger partial charge in [0.1, 0.15) is 11.5 Å². The summed E-state index contributed by atoms with van der Waals surface area (Å²) in [7, 11) is 0.449. The Balaban J connectivity index is 2.28. The molecule has 0 saturated carbocycles. The van der Waals surface area contributed by atoms with Gasteiger partial charge >= 0.3 is 13.1 Å². The van der Waals surface area contributed by atoms with Crippen molar-refractivity contribution in [3.05, 3.63) is 39.9 Å². The summed E-state index contributed by atoms with van der Waals surface area (Å²) in [6.45, 7) is 11.3. The molecule has 0 atom stereocenters. The lowest BCUT2D eigenvalue weighted by Gasteiger charge is -2.32. The summed E-state index contributed by atoms with van der Waals surface area (Å²) < 4.78 is 33.4. The van der Waals surface area contributed by atoms with Crippen LogP contribution in [0.15, 0.2) is 23.0 Å². The number of esters is 1. The molecule has 2 heterocycles. The summed E-state index contributed by atoms with van der Waals surface area (Å²) in [5, 5.41) is -0.0818. The number of halogens is 1. The van der Waals surface area contributed by atoms with E-state index in [-0.39, 0.29) is 17.1 Å². The van der Waals surface area contributed by atoms with Crippen LogP contribution in [0.1, 0.15) is 58.1 Å². The Morgan fingerprint density at radius 3 is 2.21 bits per heavy atom. The minimum absolute atomic E-state index is 0.0699. The van der Waals surface area contributed by atoms with Gasteiger partial charge in [0.05, 0.1) is 29.2 Å². The first-order valence-corrected chi connectivity index (χ1v) is 9.22. The van der Waals surface area contributed by atoms with Gasteiger partial charge < -0.3 is 18.6 Å². The van der Waals surface area contributed by atoms with Gasteiger partial charge in [0.25, 0.3) is 0 Å². The highest BCUT2D eigenvalue weighted by Crippen LogP contribution is 2.36. The Morgan fingerprint density at radius 2 is 1.71 bits per heavy atom. The molecule has 1 aliphatic rings. The number of fused-ring (bicyclic) bond motifs is 1. The van der Waals surface area contributed by atoms with Gasteiger partial charge in [-0.1, -0.05) is 0 Å². The molecule has 1 aliphatic heterocycles. The fraction of sp³-hybridized carbons (Fsp3) is 0.500. The molecular weight excluding hydrogens is 364 g/mol. The van der Waals surface area contributed by atoms with Crippen LogP contribution in [0.3, 0.4) is 0 Å². The molecule has 0 bridgehead atoms. The quantitative estimate of drug-likeness (QED) is 0.597. The van der Waals surface area contributed by atoms with Gasteiger partial charge in [-0.15, -0.1) is 0 Å². The molecule has 0 radical (unpaired) electrons. The topological polar surface area (TPSA) is 66.8 Å². The van der Waals surface area contributed by atoms with Gasteiger partial charge in [-0.2, -0.15) is 0 Å². The number of carbonyl (C=O) groups is 1. The van der Waals surface area contributed by atoms with E-state index in [4.69, 9.17) is 14.0 Å². The Bertz CT molecular complexity index is 996. The van der Waals surface area contributed by atoms with Crippen molar-refractivity contribution in [2.75, 3.05) is 7.11 Å². The van der Waals surface area contributed by atoms with Crippen LogP contribution >= 0.6 is 0 Å².